The van der Waals surface area contributed by atoms with E-state index in [2.05, 4.69) is 11.9 Å². The molecule has 5 nitrogen and oxygen atoms in total. The number of nitrogens with zero attached hydrogens (tertiary/aromatic N) is 1. The van der Waals surface area contributed by atoms with E-state index in [1.165, 1.54) is 5.56 Å². The van der Waals surface area contributed by atoms with Gasteiger partial charge in [-0.2, -0.15) is 0 Å². The quantitative estimate of drug-likeness (QED) is 0.658. The van der Waals surface area contributed by atoms with Gasteiger partial charge in [0.2, 0.25) is 0 Å². The molecule has 134 valence electrons. The van der Waals surface area contributed by atoms with E-state index in [1.54, 1.807) is 13.0 Å². The van der Waals surface area contributed by atoms with E-state index in [-0.39, 0.29) is 28.8 Å². The molecule has 1 unspecified atom stereocenters. The average Bonchev–Trinajstić information content (AvgIpc) is 2.58. The molecule has 1 saturated heterocycles. The van der Waals surface area contributed by atoms with E-state index in [9.17, 15) is 14.7 Å². The van der Waals surface area contributed by atoms with Crippen LogP contribution in [-0.4, -0.2) is 48.0 Å². The number of rotatable bonds is 2. The highest BCUT2D eigenvalue weighted by Crippen LogP contribution is 2.56. The van der Waals surface area contributed by atoms with Crippen molar-refractivity contribution >= 4 is 11.8 Å². The van der Waals surface area contributed by atoms with Gasteiger partial charge in [-0.05, 0) is 69.0 Å². The van der Waals surface area contributed by atoms with Crippen molar-refractivity contribution in [2.24, 2.45) is 11.8 Å². The Morgan fingerprint density at radius 2 is 2.24 bits per heavy atom. The summed E-state index contributed by atoms with van der Waals surface area (Å²) in [6.45, 7) is 3.01. The Morgan fingerprint density at radius 1 is 1.44 bits per heavy atom. The van der Waals surface area contributed by atoms with Crippen molar-refractivity contribution in [1.29, 1.82) is 0 Å². The Bertz CT molecular complexity index is 730. The number of likely N-dealkylation sites (N-methyl/N-ethyl adjacent to an activating group) is 1. The van der Waals surface area contributed by atoms with Crippen molar-refractivity contribution in [1.82, 2.24) is 4.90 Å². The van der Waals surface area contributed by atoms with Crippen molar-refractivity contribution in [2.75, 3.05) is 20.2 Å². The molecular formula is C20H25NO4. The van der Waals surface area contributed by atoms with Gasteiger partial charge in [-0.1, -0.05) is 6.07 Å². The van der Waals surface area contributed by atoms with E-state index in [4.69, 9.17) is 4.74 Å². The van der Waals surface area contributed by atoms with Gasteiger partial charge in [0.25, 0.3) is 0 Å². The number of hydrogen-bond acceptors (Lipinski definition) is 5. The molecule has 2 fully saturated rings. The Hall–Kier alpha value is -1.88. The first kappa shape index (κ1) is 16.6. The third kappa shape index (κ3) is 2.40. The van der Waals surface area contributed by atoms with E-state index in [1.807, 2.05) is 12.1 Å². The standard InChI is InChI=1S/C20H25NO4/c1-3-25-19(24)14-10-16-17-8-12-4-5-13(22)9-15(12)20(16,11-18(14)23)6-7-21(17)2/h4-5,9,14,16-17,22H,3,6-8,10-11H2,1-2H3/t14?,16-,17+,20+/m0/s1. The van der Waals surface area contributed by atoms with Gasteiger partial charge < -0.3 is 14.7 Å². The van der Waals surface area contributed by atoms with Gasteiger partial charge in [0, 0.05) is 17.9 Å². The number of benzene rings is 1. The van der Waals surface area contributed by atoms with Crippen LogP contribution in [0, 0.1) is 11.8 Å². The van der Waals surface area contributed by atoms with Crippen LogP contribution in [0.5, 0.6) is 5.75 Å². The molecule has 2 aliphatic carbocycles. The van der Waals surface area contributed by atoms with Crippen LogP contribution < -0.4 is 0 Å². The molecule has 1 aromatic rings. The van der Waals surface area contributed by atoms with Crippen molar-refractivity contribution in [2.45, 2.75) is 44.1 Å². The number of phenols is 1. The maximum atomic E-state index is 12.9. The lowest BCUT2D eigenvalue weighted by molar-refractivity contribution is -0.157. The third-order valence-corrected chi connectivity index (χ3v) is 6.65. The molecule has 25 heavy (non-hydrogen) atoms. The van der Waals surface area contributed by atoms with Crippen LogP contribution in [0.1, 0.15) is 37.3 Å². The number of hydrogen-bond donors (Lipinski definition) is 1. The number of piperidine rings is 1. The summed E-state index contributed by atoms with van der Waals surface area (Å²) in [5.74, 6) is -0.512. The van der Waals surface area contributed by atoms with Crippen molar-refractivity contribution < 1.29 is 19.4 Å². The van der Waals surface area contributed by atoms with E-state index < -0.39 is 5.92 Å². The molecule has 1 saturated carbocycles. The molecule has 1 aliphatic heterocycles. The first-order valence-electron chi connectivity index (χ1n) is 9.18. The number of likely N-dealkylation sites (tertiary alicyclic amines) is 1. The summed E-state index contributed by atoms with van der Waals surface area (Å²) in [7, 11) is 2.13. The summed E-state index contributed by atoms with van der Waals surface area (Å²) in [4.78, 5) is 27.5. The predicted octanol–water partition coefficient (Wildman–Crippen LogP) is 2.05. The lowest BCUT2D eigenvalue weighted by Gasteiger charge is -2.58. The summed E-state index contributed by atoms with van der Waals surface area (Å²) in [5.41, 5.74) is 2.11. The molecule has 5 heteroatoms. The smallest absolute Gasteiger partial charge is 0.316 e. The molecule has 4 atom stereocenters. The maximum absolute atomic E-state index is 12.9. The van der Waals surface area contributed by atoms with Gasteiger partial charge >= 0.3 is 5.97 Å². The van der Waals surface area contributed by atoms with E-state index in [0.717, 1.165) is 24.9 Å². The summed E-state index contributed by atoms with van der Waals surface area (Å²) in [6.07, 6.45) is 2.73. The molecule has 0 amide bonds. The summed E-state index contributed by atoms with van der Waals surface area (Å²) < 4.78 is 5.15. The number of aromatic hydroxyl groups is 1. The fraction of sp³-hybridized carbons (Fsp3) is 0.600. The number of phenolic OH excluding ortho intramolecular Hbond substituents is 1. The zero-order valence-corrected chi connectivity index (χ0v) is 14.8. The molecule has 0 aromatic heterocycles. The van der Waals surface area contributed by atoms with Gasteiger partial charge in [-0.3, -0.25) is 9.59 Å². The molecule has 0 spiro atoms. The zero-order valence-electron chi connectivity index (χ0n) is 14.8. The molecule has 2 bridgehead atoms. The second-order valence-corrected chi connectivity index (χ2v) is 7.79. The normalized spacial score (nSPS) is 34.2. The van der Waals surface area contributed by atoms with Crippen LogP contribution in [0.4, 0.5) is 0 Å². The van der Waals surface area contributed by atoms with Gasteiger partial charge in [-0.25, -0.2) is 0 Å². The molecule has 1 heterocycles. The number of carbonyl (C=O) groups is 2. The topological polar surface area (TPSA) is 66.8 Å². The lowest BCUT2D eigenvalue weighted by atomic mass is 9.50. The van der Waals surface area contributed by atoms with Gasteiger partial charge in [-0.15, -0.1) is 0 Å². The lowest BCUT2D eigenvalue weighted by Crippen LogP contribution is -2.62. The van der Waals surface area contributed by atoms with Crippen LogP contribution >= 0.6 is 0 Å². The third-order valence-electron chi connectivity index (χ3n) is 6.65. The molecule has 1 N–H and O–H groups in total. The summed E-state index contributed by atoms with van der Waals surface area (Å²) in [5, 5.41) is 10.0. The van der Waals surface area contributed by atoms with Crippen molar-refractivity contribution in [3.63, 3.8) is 0 Å². The largest absolute Gasteiger partial charge is 0.508 e. The highest BCUT2D eigenvalue weighted by Gasteiger charge is 2.58. The molecule has 3 aliphatic rings. The number of carbonyl (C=O) groups excluding carboxylic acids is 2. The Kier molecular flexibility index (Phi) is 3.87. The van der Waals surface area contributed by atoms with Crippen LogP contribution in [0.2, 0.25) is 0 Å². The first-order chi connectivity index (χ1) is 12.0. The highest BCUT2D eigenvalue weighted by atomic mass is 16.5. The fourth-order valence-corrected chi connectivity index (χ4v) is 5.45. The molecular weight excluding hydrogens is 318 g/mol. The highest BCUT2D eigenvalue weighted by molar-refractivity contribution is 6.00. The maximum Gasteiger partial charge on any atom is 0.316 e. The molecule has 1 aromatic carbocycles. The first-order valence-corrected chi connectivity index (χ1v) is 9.18. The minimum atomic E-state index is -0.633. The zero-order chi connectivity index (χ0) is 17.8. The monoisotopic (exact) mass is 343 g/mol. The second kappa shape index (κ2) is 5.84. The Labute approximate surface area is 148 Å². The number of esters is 1. The predicted molar refractivity (Wildman–Crippen MR) is 92.4 cm³/mol. The van der Waals surface area contributed by atoms with Crippen molar-refractivity contribution in [3.05, 3.63) is 29.3 Å². The number of fused-ring (bicyclic) bond motifs is 1. The van der Waals surface area contributed by atoms with E-state index in [0.29, 0.717) is 25.5 Å². The summed E-state index contributed by atoms with van der Waals surface area (Å²) in [6, 6.07) is 5.91. The van der Waals surface area contributed by atoms with Gasteiger partial charge in [0.1, 0.15) is 17.5 Å². The van der Waals surface area contributed by atoms with E-state index >= 15 is 0 Å². The Balaban J connectivity index is 1.78. The van der Waals surface area contributed by atoms with Gasteiger partial charge in [0.15, 0.2) is 0 Å². The minimum Gasteiger partial charge on any atom is -0.508 e. The average molecular weight is 343 g/mol. The SMILES string of the molecule is CCOC(=O)C1C[C@H]2[C@H]3Cc4ccc(O)cc4[C@@]2(CCN3C)CC1=O. The van der Waals surface area contributed by atoms with Gasteiger partial charge in [0.05, 0.1) is 6.61 Å². The molecule has 0 radical (unpaired) electrons. The minimum absolute atomic E-state index is 0.00537. The fourth-order valence-electron chi connectivity index (χ4n) is 5.45. The number of Topliss-reactive ketones (excluding diaryl/α,β-unsaturated/α-hetero) is 1. The van der Waals surface area contributed by atoms with Crippen LogP contribution in [0.15, 0.2) is 18.2 Å². The van der Waals surface area contributed by atoms with Crippen LogP contribution in [-0.2, 0) is 26.2 Å². The summed E-state index contributed by atoms with van der Waals surface area (Å²) >= 11 is 0. The van der Waals surface area contributed by atoms with Crippen LogP contribution in [0.3, 0.4) is 0 Å². The van der Waals surface area contributed by atoms with Crippen LogP contribution in [0.25, 0.3) is 0 Å². The molecule has 4 rings (SSSR count). The number of ether oxygens (including phenoxy) is 1. The Morgan fingerprint density at radius 3 is 3.00 bits per heavy atom. The number of ketones is 1. The second-order valence-electron chi connectivity index (χ2n) is 7.79. The van der Waals surface area contributed by atoms with Crippen molar-refractivity contribution in [3.8, 4) is 5.75 Å².